The van der Waals surface area contributed by atoms with E-state index in [0.717, 1.165) is 35.2 Å². The number of benzene rings is 4. The van der Waals surface area contributed by atoms with E-state index >= 15 is 0 Å². The van der Waals surface area contributed by atoms with Gasteiger partial charge in [-0.25, -0.2) is 0 Å². The summed E-state index contributed by atoms with van der Waals surface area (Å²) >= 11 is 0. The second-order valence-corrected chi connectivity index (χ2v) is 9.13. The van der Waals surface area contributed by atoms with Gasteiger partial charge >= 0.3 is 0 Å². The summed E-state index contributed by atoms with van der Waals surface area (Å²) in [6.45, 7) is 3.08. The summed E-state index contributed by atoms with van der Waals surface area (Å²) in [5, 5.41) is 0. The third kappa shape index (κ3) is 9.26. The zero-order valence-corrected chi connectivity index (χ0v) is 22.2. The second kappa shape index (κ2) is 15.3. The zero-order chi connectivity index (χ0) is 25.8. The molecule has 37 heavy (non-hydrogen) atoms. The van der Waals surface area contributed by atoms with E-state index in [0.29, 0.717) is 0 Å². The van der Waals surface area contributed by atoms with Gasteiger partial charge in [-0.1, -0.05) is 123 Å². The largest absolute Gasteiger partial charge is 0.344 e. The Bertz CT molecular complexity index is 1220. The van der Waals surface area contributed by atoms with Crippen LogP contribution < -0.4 is 6.15 Å². The fraction of sp³-hybridized carbons (Fsp3) is 0.212. The standard InChI is InChI=1S/C17H18O.C16H17NO.H3N/c1-2-3-7-14-10-12-16(13-11-14)17(18)15-8-5-4-6-9-15;1-17(2)12-13-8-10-15(11-9-13)16(18)14-6-4-3-5-7-14;/h4-6,8-13H,2-3,7H2,1H3;3-11H,12H2,1-2H3;1H3. The third-order valence-electron chi connectivity index (χ3n) is 5.82. The van der Waals surface area contributed by atoms with E-state index in [1.54, 1.807) is 0 Å². The predicted molar refractivity (Wildman–Crippen MR) is 154 cm³/mol. The van der Waals surface area contributed by atoms with Crippen LogP contribution in [-0.2, 0) is 13.0 Å². The van der Waals surface area contributed by atoms with Gasteiger partial charge in [0.05, 0.1) is 0 Å². The lowest BCUT2D eigenvalue weighted by Crippen LogP contribution is -2.10. The van der Waals surface area contributed by atoms with Crippen molar-refractivity contribution in [3.05, 3.63) is 143 Å². The van der Waals surface area contributed by atoms with Crippen LogP contribution in [0.1, 0.15) is 62.7 Å². The molecule has 0 unspecified atom stereocenters. The van der Waals surface area contributed by atoms with Crippen molar-refractivity contribution in [3.63, 3.8) is 0 Å². The van der Waals surface area contributed by atoms with Gasteiger partial charge in [0.15, 0.2) is 11.6 Å². The van der Waals surface area contributed by atoms with Crippen molar-refractivity contribution in [2.24, 2.45) is 0 Å². The Morgan fingerprint density at radius 3 is 1.32 bits per heavy atom. The van der Waals surface area contributed by atoms with E-state index in [2.05, 4.69) is 24.0 Å². The maximum absolute atomic E-state index is 12.2. The minimum Gasteiger partial charge on any atom is -0.344 e. The molecule has 0 spiro atoms. The van der Waals surface area contributed by atoms with Crippen LogP contribution in [0.15, 0.2) is 109 Å². The van der Waals surface area contributed by atoms with Crippen LogP contribution >= 0.6 is 0 Å². The van der Waals surface area contributed by atoms with Crippen molar-refractivity contribution < 1.29 is 9.59 Å². The van der Waals surface area contributed by atoms with E-state index in [1.807, 2.05) is 111 Å². The van der Waals surface area contributed by atoms with Crippen molar-refractivity contribution in [2.45, 2.75) is 32.7 Å². The summed E-state index contributed by atoms with van der Waals surface area (Å²) in [6, 6.07) is 34.6. The molecule has 4 rings (SSSR count). The molecule has 4 nitrogen and oxygen atoms in total. The fourth-order valence-electron chi connectivity index (χ4n) is 3.84. The SMILES string of the molecule is CCCCc1ccc(C(=O)c2ccccc2)cc1.CN(C)Cc1ccc(C(=O)c2ccccc2)cc1.N. The lowest BCUT2D eigenvalue weighted by atomic mass is 10.0. The highest BCUT2D eigenvalue weighted by Gasteiger charge is 2.09. The maximum atomic E-state index is 12.2. The van der Waals surface area contributed by atoms with Crippen LogP contribution in [-0.4, -0.2) is 30.6 Å². The van der Waals surface area contributed by atoms with Crippen molar-refractivity contribution >= 4 is 11.6 Å². The molecule has 0 heterocycles. The molecule has 3 N–H and O–H groups in total. The maximum Gasteiger partial charge on any atom is 0.193 e. The molecule has 0 fully saturated rings. The first-order valence-corrected chi connectivity index (χ1v) is 12.5. The highest BCUT2D eigenvalue weighted by Crippen LogP contribution is 2.13. The number of carbonyl (C=O) groups is 2. The van der Waals surface area contributed by atoms with Gasteiger partial charge in [0, 0.05) is 28.8 Å². The van der Waals surface area contributed by atoms with Crippen LogP contribution in [0.3, 0.4) is 0 Å². The van der Waals surface area contributed by atoms with E-state index in [4.69, 9.17) is 0 Å². The minimum absolute atomic E-state index is 0. The number of carbonyl (C=O) groups excluding carboxylic acids is 2. The summed E-state index contributed by atoms with van der Waals surface area (Å²) in [6.07, 6.45) is 3.49. The summed E-state index contributed by atoms with van der Waals surface area (Å²) in [5.74, 6) is 0.171. The first kappa shape index (κ1) is 29.4. The second-order valence-electron chi connectivity index (χ2n) is 9.13. The predicted octanol–water partition coefficient (Wildman–Crippen LogP) is 7.40. The van der Waals surface area contributed by atoms with E-state index in [1.165, 1.54) is 24.0 Å². The molecule has 0 aromatic heterocycles. The Kier molecular flexibility index (Phi) is 12.1. The van der Waals surface area contributed by atoms with Crippen LogP contribution in [0.2, 0.25) is 0 Å². The third-order valence-corrected chi connectivity index (χ3v) is 5.82. The topological polar surface area (TPSA) is 72.4 Å². The normalized spacial score (nSPS) is 10.2. The number of ketones is 2. The number of hydrogen-bond acceptors (Lipinski definition) is 4. The van der Waals surface area contributed by atoms with Gasteiger partial charge in [-0.05, 0) is 38.1 Å². The summed E-state index contributed by atoms with van der Waals surface area (Å²) in [4.78, 5) is 26.4. The Morgan fingerprint density at radius 2 is 0.946 bits per heavy atom. The van der Waals surface area contributed by atoms with Crippen molar-refractivity contribution in [2.75, 3.05) is 14.1 Å². The van der Waals surface area contributed by atoms with Crippen molar-refractivity contribution in [1.29, 1.82) is 0 Å². The van der Waals surface area contributed by atoms with E-state index in [9.17, 15) is 9.59 Å². The minimum atomic E-state index is 0. The molecule has 0 saturated carbocycles. The Labute approximate surface area is 221 Å². The molecule has 4 heteroatoms. The van der Waals surface area contributed by atoms with Crippen LogP contribution in [0.5, 0.6) is 0 Å². The Morgan fingerprint density at radius 1 is 0.568 bits per heavy atom. The molecule has 0 radical (unpaired) electrons. The van der Waals surface area contributed by atoms with Gasteiger partial charge in [-0.15, -0.1) is 0 Å². The quantitative estimate of drug-likeness (QED) is 0.246. The number of unbranched alkanes of at least 4 members (excludes halogenated alkanes) is 1. The first-order chi connectivity index (χ1) is 17.5. The first-order valence-electron chi connectivity index (χ1n) is 12.5. The number of nitrogens with zero attached hydrogens (tertiary/aromatic N) is 1. The van der Waals surface area contributed by atoms with Gasteiger partial charge in [-0.3, -0.25) is 9.59 Å². The van der Waals surface area contributed by atoms with Crippen LogP contribution in [0.4, 0.5) is 0 Å². The molecule has 0 amide bonds. The number of aryl methyl sites for hydroxylation is 1. The van der Waals surface area contributed by atoms with Crippen molar-refractivity contribution in [1.82, 2.24) is 11.1 Å². The number of rotatable bonds is 9. The van der Waals surface area contributed by atoms with Crippen molar-refractivity contribution in [3.8, 4) is 0 Å². The number of hydrogen-bond donors (Lipinski definition) is 1. The molecule has 192 valence electrons. The lowest BCUT2D eigenvalue weighted by molar-refractivity contribution is 0.103. The monoisotopic (exact) mass is 494 g/mol. The van der Waals surface area contributed by atoms with E-state index in [-0.39, 0.29) is 17.7 Å². The molecule has 0 aliphatic carbocycles. The van der Waals surface area contributed by atoms with Gasteiger partial charge < -0.3 is 11.1 Å². The summed E-state index contributed by atoms with van der Waals surface area (Å²) < 4.78 is 0. The molecular weight excluding hydrogens is 456 g/mol. The summed E-state index contributed by atoms with van der Waals surface area (Å²) in [5.41, 5.74) is 5.51. The fourth-order valence-corrected chi connectivity index (χ4v) is 3.84. The molecule has 0 aliphatic rings. The average molecular weight is 495 g/mol. The van der Waals surface area contributed by atoms with Gasteiger partial charge in [0.2, 0.25) is 0 Å². The smallest absolute Gasteiger partial charge is 0.193 e. The summed E-state index contributed by atoms with van der Waals surface area (Å²) in [7, 11) is 4.06. The Hall–Kier alpha value is -3.86. The molecule has 0 saturated heterocycles. The van der Waals surface area contributed by atoms with Gasteiger partial charge in [0.25, 0.3) is 0 Å². The highest BCUT2D eigenvalue weighted by molar-refractivity contribution is 6.09. The van der Waals surface area contributed by atoms with Gasteiger partial charge in [0.1, 0.15) is 0 Å². The van der Waals surface area contributed by atoms with Crippen LogP contribution in [0, 0.1) is 0 Å². The zero-order valence-electron chi connectivity index (χ0n) is 22.2. The molecule has 0 atom stereocenters. The molecule has 4 aromatic carbocycles. The molecule has 0 aliphatic heterocycles. The molecule has 4 aromatic rings. The Balaban J connectivity index is 0.000000253. The molecule has 0 bridgehead atoms. The highest BCUT2D eigenvalue weighted by atomic mass is 16.1. The van der Waals surface area contributed by atoms with Crippen LogP contribution in [0.25, 0.3) is 0 Å². The van der Waals surface area contributed by atoms with E-state index < -0.39 is 0 Å². The average Bonchev–Trinajstić information content (AvgIpc) is 2.93. The molecular formula is C33H38N2O2. The van der Waals surface area contributed by atoms with Gasteiger partial charge in [-0.2, -0.15) is 0 Å². The lowest BCUT2D eigenvalue weighted by Gasteiger charge is -2.09.